The van der Waals surface area contributed by atoms with Crippen LogP contribution >= 0.6 is 0 Å². The molecule has 180 valence electrons. The molecule has 0 fully saturated rings. The third kappa shape index (κ3) is 6.06. The van der Waals surface area contributed by atoms with Gasteiger partial charge in [0.2, 0.25) is 0 Å². The van der Waals surface area contributed by atoms with Crippen LogP contribution in [0, 0.1) is 0 Å². The summed E-state index contributed by atoms with van der Waals surface area (Å²) in [6.45, 7) is 2.99. The molecule has 0 amide bonds. The fourth-order valence-corrected chi connectivity index (χ4v) is 5.07. The van der Waals surface area contributed by atoms with Gasteiger partial charge in [0.1, 0.15) is 0 Å². The van der Waals surface area contributed by atoms with Crippen LogP contribution in [0.4, 0.5) is 0 Å². The van der Waals surface area contributed by atoms with Gasteiger partial charge in [-0.25, -0.2) is 0 Å². The SMILES string of the molecule is O=C1C=C[C@@H](N(Cc2ccccc2)Cc2ccccc2)[C@@H]1N(Cc1ccccc1)Cc1ccccc1. The van der Waals surface area contributed by atoms with Gasteiger partial charge in [0.25, 0.3) is 0 Å². The van der Waals surface area contributed by atoms with Gasteiger partial charge in [0, 0.05) is 26.2 Å². The van der Waals surface area contributed by atoms with E-state index in [1.54, 1.807) is 6.08 Å². The van der Waals surface area contributed by atoms with E-state index in [9.17, 15) is 4.79 Å². The zero-order valence-corrected chi connectivity index (χ0v) is 20.5. The highest BCUT2D eigenvalue weighted by Crippen LogP contribution is 2.27. The molecule has 5 rings (SSSR count). The molecule has 0 unspecified atom stereocenters. The van der Waals surface area contributed by atoms with Crippen molar-refractivity contribution >= 4 is 5.78 Å². The molecule has 0 radical (unpaired) electrons. The zero-order chi connectivity index (χ0) is 24.6. The molecule has 0 heterocycles. The van der Waals surface area contributed by atoms with Gasteiger partial charge in [-0.05, 0) is 28.3 Å². The molecule has 0 bridgehead atoms. The molecule has 0 aliphatic heterocycles. The Morgan fingerprint density at radius 3 is 1.17 bits per heavy atom. The van der Waals surface area contributed by atoms with Crippen molar-refractivity contribution in [3.8, 4) is 0 Å². The van der Waals surface area contributed by atoms with E-state index in [0.717, 1.165) is 26.2 Å². The van der Waals surface area contributed by atoms with E-state index in [0.29, 0.717) is 0 Å². The Morgan fingerprint density at radius 2 is 0.806 bits per heavy atom. The maximum Gasteiger partial charge on any atom is 0.174 e. The minimum absolute atomic E-state index is 0.0228. The second kappa shape index (κ2) is 11.8. The highest BCUT2D eigenvalue weighted by atomic mass is 16.1. The normalized spacial score (nSPS) is 17.2. The molecular formula is C33H32N2O. The third-order valence-electron chi connectivity index (χ3n) is 6.80. The number of benzene rings is 4. The number of carbonyl (C=O) groups excluding carboxylic acids is 1. The molecule has 0 spiro atoms. The lowest BCUT2D eigenvalue weighted by atomic mass is 10.0. The van der Waals surface area contributed by atoms with Crippen molar-refractivity contribution in [3.05, 3.63) is 156 Å². The van der Waals surface area contributed by atoms with Gasteiger partial charge in [-0.15, -0.1) is 0 Å². The summed E-state index contributed by atoms with van der Waals surface area (Å²) in [5.74, 6) is 0.179. The van der Waals surface area contributed by atoms with Crippen LogP contribution in [0.5, 0.6) is 0 Å². The second-order valence-electron chi connectivity index (χ2n) is 9.45. The molecule has 0 saturated heterocycles. The fourth-order valence-electron chi connectivity index (χ4n) is 5.07. The van der Waals surface area contributed by atoms with Crippen molar-refractivity contribution in [1.82, 2.24) is 9.80 Å². The smallest absolute Gasteiger partial charge is 0.174 e. The number of carbonyl (C=O) groups is 1. The molecule has 0 saturated carbocycles. The Hall–Kier alpha value is -3.79. The zero-order valence-electron chi connectivity index (χ0n) is 20.5. The summed E-state index contributed by atoms with van der Waals surface area (Å²) in [7, 11) is 0. The minimum atomic E-state index is -0.252. The molecule has 3 heteroatoms. The van der Waals surface area contributed by atoms with E-state index in [1.807, 2.05) is 24.3 Å². The number of hydrogen-bond acceptors (Lipinski definition) is 3. The first-order valence-corrected chi connectivity index (χ1v) is 12.6. The highest BCUT2D eigenvalue weighted by molar-refractivity contribution is 5.98. The van der Waals surface area contributed by atoms with Crippen LogP contribution in [-0.2, 0) is 31.0 Å². The van der Waals surface area contributed by atoms with E-state index in [1.165, 1.54) is 22.3 Å². The molecule has 0 N–H and O–H groups in total. The number of ketones is 1. The summed E-state index contributed by atoms with van der Waals surface area (Å²) in [6.07, 6.45) is 3.91. The average molecular weight is 473 g/mol. The van der Waals surface area contributed by atoms with Crippen LogP contribution in [0.3, 0.4) is 0 Å². The number of rotatable bonds is 10. The van der Waals surface area contributed by atoms with E-state index >= 15 is 0 Å². The molecular weight excluding hydrogens is 440 g/mol. The Morgan fingerprint density at radius 1 is 0.472 bits per heavy atom. The van der Waals surface area contributed by atoms with E-state index < -0.39 is 0 Å². The summed E-state index contributed by atoms with van der Waals surface area (Å²) in [5.41, 5.74) is 4.92. The lowest BCUT2D eigenvalue weighted by molar-refractivity contribution is -0.121. The quantitative estimate of drug-likeness (QED) is 0.272. The predicted octanol–water partition coefficient (Wildman–Crippen LogP) is 6.27. The highest BCUT2D eigenvalue weighted by Gasteiger charge is 2.38. The van der Waals surface area contributed by atoms with Crippen molar-refractivity contribution < 1.29 is 4.79 Å². The molecule has 4 aromatic rings. The third-order valence-corrected chi connectivity index (χ3v) is 6.80. The molecule has 2 atom stereocenters. The average Bonchev–Trinajstić information content (AvgIpc) is 3.31. The van der Waals surface area contributed by atoms with Crippen molar-refractivity contribution in [2.45, 2.75) is 38.3 Å². The molecule has 1 aliphatic rings. The van der Waals surface area contributed by atoms with E-state index in [-0.39, 0.29) is 17.9 Å². The summed E-state index contributed by atoms with van der Waals surface area (Å²) >= 11 is 0. The Bertz CT molecular complexity index is 1170. The first-order valence-electron chi connectivity index (χ1n) is 12.6. The molecule has 0 aromatic heterocycles. The monoisotopic (exact) mass is 472 g/mol. The van der Waals surface area contributed by atoms with Crippen molar-refractivity contribution in [2.24, 2.45) is 0 Å². The van der Waals surface area contributed by atoms with Gasteiger partial charge in [0.15, 0.2) is 5.78 Å². The summed E-state index contributed by atoms with van der Waals surface area (Å²) in [5, 5.41) is 0. The maximum absolute atomic E-state index is 13.5. The molecule has 36 heavy (non-hydrogen) atoms. The first kappa shape index (κ1) is 23.9. The fraction of sp³-hybridized carbons (Fsp3) is 0.182. The van der Waals surface area contributed by atoms with Crippen LogP contribution < -0.4 is 0 Å². The largest absolute Gasteiger partial charge is 0.293 e. The van der Waals surface area contributed by atoms with E-state index in [2.05, 4.69) is 113 Å². The van der Waals surface area contributed by atoms with Crippen LogP contribution in [0.1, 0.15) is 22.3 Å². The summed E-state index contributed by atoms with van der Waals surface area (Å²) in [4.78, 5) is 18.3. The summed E-state index contributed by atoms with van der Waals surface area (Å²) in [6, 6.07) is 41.8. The second-order valence-corrected chi connectivity index (χ2v) is 9.45. The molecule has 3 nitrogen and oxygen atoms in total. The molecule has 1 aliphatic carbocycles. The van der Waals surface area contributed by atoms with Gasteiger partial charge in [-0.1, -0.05) is 127 Å². The Labute approximate surface area is 214 Å². The minimum Gasteiger partial charge on any atom is -0.293 e. The Balaban J connectivity index is 1.48. The van der Waals surface area contributed by atoms with Crippen molar-refractivity contribution in [3.63, 3.8) is 0 Å². The van der Waals surface area contributed by atoms with Crippen molar-refractivity contribution in [2.75, 3.05) is 0 Å². The van der Waals surface area contributed by atoms with Gasteiger partial charge >= 0.3 is 0 Å². The lowest BCUT2D eigenvalue weighted by Gasteiger charge is -2.38. The number of hydrogen-bond donors (Lipinski definition) is 0. The van der Waals surface area contributed by atoms with Gasteiger partial charge in [0.05, 0.1) is 12.1 Å². The topological polar surface area (TPSA) is 23.6 Å². The van der Waals surface area contributed by atoms with Crippen LogP contribution in [0.25, 0.3) is 0 Å². The van der Waals surface area contributed by atoms with Gasteiger partial charge in [-0.3, -0.25) is 14.6 Å². The van der Waals surface area contributed by atoms with E-state index in [4.69, 9.17) is 0 Å². The van der Waals surface area contributed by atoms with Crippen molar-refractivity contribution in [1.29, 1.82) is 0 Å². The Kier molecular flexibility index (Phi) is 7.82. The van der Waals surface area contributed by atoms with Crippen LogP contribution in [0.15, 0.2) is 133 Å². The predicted molar refractivity (Wildman–Crippen MR) is 146 cm³/mol. The lowest BCUT2D eigenvalue weighted by Crippen LogP contribution is -2.51. The summed E-state index contributed by atoms with van der Waals surface area (Å²) < 4.78 is 0. The maximum atomic E-state index is 13.5. The number of nitrogens with zero attached hydrogens (tertiary/aromatic N) is 2. The van der Waals surface area contributed by atoms with Gasteiger partial charge in [-0.2, -0.15) is 0 Å². The first-order chi connectivity index (χ1) is 17.8. The van der Waals surface area contributed by atoms with Crippen LogP contribution in [-0.4, -0.2) is 27.7 Å². The van der Waals surface area contributed by atoms with Crippen LogP contribution in [0.2, 0.25) is 0 Å². The van der Waals surface area contributed by atoms with Gasteiger partial charge < -0.3 is 0 Å². The standard InChI is InChI=1S/C33H32N2O/c36-32-22-21-31(34(23-27-13-5-1-6-14-27)24-28-15-7-2-8-16-28)33(32)35(25-29-17-9-3-10-18-29)26-30-19-11-4-12-20-30/h1-22,31,33H,23-26H2/t31-,33+/m1/s1. The molecule has 4 aromatic carbocycles.